The summed E-state index contributed by atoms with van der Waals surface area (Å²) in [6, 6.07) is 11.4. The Hall–Kier alpha value is -1.94. The molecular formula is C15H16N2O2. The van der Waals surface area contributed by atoms with Gasteiger partial charge in [-0.1, -0.05) is 18.2 Å². The molecule has 1 aromatic carbocycles. The monoisotopic (exact) mass is 256 g/mol. The summed E-state index contributed by atoms with van der Waals surface area (Å²) < 4.78 is 7.32. The number of hydrogen-bond donors (Lipinski definition) is 0. The summed E-state index contributed by atoms with van der Waals surface area (Å²) in [5, 5.41) is 4.24. The van der Waals surface area contributed by atoms with Crippen LogP contribution in [0.15, 0.2) is 42.6 Å². The summed E-state index contributed by atoms with van der Waals surface area (Å²) in [6.45, 7) is 2.00. The number of ketones is 1. The molecule has 1 aliphatic rings. The molecule has 1 saturated heterocycles. The van der Waals surface area contributed by atoms with Crippen molar-refractivity contribution in [3.63, 3.8) is 0 Å². The minimum atomic E-state index is -0.325. The number of para-hydroxylation sites is 1. The van der Waals surface area contributed by atoms with Gasteiger partial charge in [-0.25, -0.2) is 4.68 Å². The van der Waals surface area contributed by atoms with Crippen LogP contribution in [0.2, 0.25) is 0 Å². The normalized spacial score (nSPS) is 22.6. The average molecular weight is 256 g/mol. The Morgan fingerprint density at radius 2 is 2.05 bits per heavy atom. The minimum absolute atomic E-state index is 0.0192. The van der Waals surface area contributed by atoms with Crippen LogP contribution in [0.1, 0.15) is 30.3 Å². The van der Waals surface area contributed by atoms with E-state index in [1.807, 2.05) is 37.3 Å². The van der Waals surface area contributed by atoms with Crippen molar-refractivity contribution in [2.75, 3.05) is 0 Å². The lowest BCUT2D eigenvalue weighted by Crippen LogP contribution is -2.23. The fraction of sp³-hybridized carbons (Fsp3) is 0.333. The molecule has 0 spiro atoms. The lowest BCUT2D eigenvalue weighted by Gasteiger charge is -2.11. The fourth-order valence-electron chi connectivity index (χ4n) is 2.43. The quantitative estimate of drug-likeness (QED) is 0.793. The van der Waals surface area contributed by atoms with Crippen molar-refractivity contribution in [3.05, 3.63) is 48.3 Å². The number of benzene rings is 1. The first-order valence-corrected chi connectivity index (χ1v) is 6.55. The molecule has 2 unspecified atom stereocenters. The van der Waals surface area contributed by atoms with Crippen LogP contribution >= 0.6 is 0 Å². The Morgan fingerprint density at radius 1 is 1.26 bits per heavy atom. The second kappa shape index (κ2) is 4.97. The smallest absolute Gasteiger partial charge is 0.209 e. The lowest BCUT2D eigenvalue weighted by molar-refractivity contribution is 0.0427. The maximum atomic E-state index is 12.5. The van der Waals surface area contributed by atoms with Gasteiger partial charge in [-0.2, -0.15) is 5.10 Å². The summed E-state index contributed by atoms with van der Waals surface area (Å²) in [7, 11) is 0. The number of ether oxygens (including phenoxy) is 1. The molecule has 0 aliphatic carbocycles. The molecule has 98 valence electrons. The summed E-state index contributed by atoms with van der Waals surface area (Å²) in [4.78, 5) is 12.5. The summed E-state index contributed by atoms with van der Waals surface area (Å²) in [5.41, 5.74) is 1.48. The van der Waals surface area contributed by atoms with E-state index >= 15 is 0 Å². The maximum Gasteiger partial charge on any atom is 0.209 e. The standard InChI is InChI=1S/C15H16N2O2/c1-11-7-8-14(19-11)15(18)13-9-10-16-17(13)12-5-3-2-4-6-12/h2-6,9-11,14H,7-8H2,1H3. The van der Waals surface area contributed by atoms with Crippen molar-refractivity contribution in [1.82, 2.24) is 9.78 Å². The van der Waals surface area contributed by atoms with Crippen LogP contribution < -0.4 is 0 Å². The SMILES string of the molecule is CC1CCC(C(=O)c2ccnn2-c2ccccc2)O1. The molecule has 4 heteroatoms. The number of carbonyl (C=O) groups excluding carboxylic acids is 1. The summed E-state index contributed by atoms with van der Waals surface area (Å²) in [6.07, 6.45) is 3.23. The highest BCUT2D eigenvalue weighted by Crippen LogP contribution is 2.23. The Balaban J connectivity index is 1.90. The van der Waals surface area contributed by atoms with Crippen LogP contribution in [0.4, 0.5) is 0 Å². The van der Waals surface area contributed by atoms with Gasteiger partial charge < -0.3 is 4.74 Å². The van der Waals surface area contributed by atoms with Gasteiger partial charge in [-0.3, -0.25) is 4.79 Å². The van der Waals surface area contributed by atoms with Crippen molar-refractivity contribution < 1.29 is 9.53 Å². The van der Waals surface area contributed by atoms with Crippen molar-refractivity contribution in [1.29, 1.82) is 0 Å². The summed E-state index contributed by atoms with van der Waals surface area (Å²) >= 11 is 0. The Labute approximate surface area is 112 Å². The van der Waals surface area contributed by atoms with Gasteiger partial charge in [-0.05, 0) is 38.0 Å². The zero-order valence-electron chi connectivity index (χ0n) is 10.8. The van der Waals surface area contributed by atoms with Crippen molar-refractivity contribution in [2.45, 2.75) is 32.0 Å². The van der Waals surface area contributed by atoms with Crippen LogP contribution in [0, 0.1) is 0 Å². The van der Waals surface area contributed by atoms with Gasteiger partial charge in [0, 0.05) is 0 Å². The molecule has 2 heterocycles. The van der Waals surface area contributed by atoms with Gasteiger partial charge in [0.15, 0.2) is 0 Å². The van der Waals surface area contributed by atoms with E-state index in [0.29, 0.717) is 5.69 Å². The zero-order chi connectivity index (χ0) is 13.2. The molecule has 2 aromatic rings. The van der Waals surface area contributed by atoms with Gasteiger partial charge in [0.1, 0.15) is 11.8 Å². The molecule has 1 aromatic heterocycles. The molecule has 0 amide bonds. The third kappa shape index (κ3) is 2.31. The Kier molecular flexibility index (Phi) is 3.17. The lowest BCUT2D eigenvalue weighted by atomic mass is 10.1. The first-order chi connectivity index (χ1) is 9.25. The molecule has 2 atom stereocenters. The third-order valence-electron chi connectivity index (χ3n) is 3.42. The van der Waals surface area contributed by atoms with E-state index < -0.39 is 0 Å². The van der Waals surface area contributed by atoms with E-state index in [1.54, 1.807) is 16.9 Å². The average Bonchev–Trinajstić information content (AvgIpc) is 3.07. The van der Waals surface area contributed by atoms with Crippen LogP contribution in [-0.4, -0.2) is 27.8 Å². The topological polar surface area (TPSA) is 44.1 Å². The molecule has 3 rings (SSSR count). The van der Waals surface area contributed by atoms with E-state index in [4.69, 9.17) is 4.74 Å². The first-order valence-electron chi connectivity index (χ1n) is 6.55. The number of nitrogens with zero attached hydrogens (tertiary/aromatic N) is 2. The van der Waals surface area contributed by atoms with Crippen LogP contribution in [-0.2, 0) is 4.74 Å². The van der Waals surface area contributed by atoms with Gasteiger partial charge in [0.05, 0.1) is 18.0 Å². The van der Waals surface area contributed by atoms with Crippen molar-refractivity contribution in [2.24, 2.45) is 0 Å². The highest BCUT2D eigenvalue weighted by atomic mass is 16.5. The molecule has 0 radical (unpaired) electrons. The van der Waals surface area contributed by atoms with Gasteiger partial charge in [0.25, 0.3) is 0 Å². The predicted molar refractivity (Wildman–Crippen MR) is 71.5 cm³/mol. The van der Waals surface area contributed by atoms with Crippen LogP contribution in [0.5, 0.6) is 0 Å². The predicted octanol–water partition coefficient (Wildman–Crippen LogP) is 2.62. The highest BCUT2D eigenvalue weighted by molar-refractivity contribution is 5.98. The number of Topliss-reactive ketones (excluding diaryl/α,β-unsaturated/α-hetero) is 1. The largest absolute Gasteiger partial charge is 0.367 e. The Morgan fingerprint density at radius 3 is 2.74 bits per heavy atom. The minimum Gasteiger partial charge on any atom is -0.367 e. The van der Waals surface area contributed by atoms with E-state index in [-0.39, 0.29) is 18.0 Å². The van der Waals surface area contributed by atoms with Crippen molar-refractivity contribution in [3.8, 4) is 5.69 Å². The molecule has 1 fully saturated rings. The van der Waals surface area contributed by atoms with E-state index in [0.717, 1.165) is 18.5 Å². The summed E-state index contributed by atoms with van der Waals surface area (Å²) in [5.74, 6) is 0.0192. The Bertz CT molecular complexity index is 577. The molecule has 0 saturated carbocycles. The second-order valence-corrected chi connectivity index (χ2v) is 4.84. The van der Waals surface area contributed by atoms with Gasteiger partial charge in [0.2, 0.25) is 5.78 Å². The number of aromatic nitrogens is 2. The van der Waals surface area contributed by atoms with E-state index in [9.17, 15) is 4.79 Å². The van der Waals surface area contributed by atoms with E-state index in [2.05, 4.69) is 5.10 Å². The molecular weight excluding hydrogens is 240 g/mol. The second-order valence-electron chi connectivity index (χ2n) is 4.84. The number of hydrogen-bond acceptors (Lipinski definition) is 3. The van der Waals surface area contributed by atoms with Crippen molar-refractivity contribution >= 4 is 5.78 Å². The zero-order valence-corrected chi connectivity index (χ0v) is 10.8. The number of carbonyl (C=O) groups is 1. The fourth-order valence-corrected chi connectivity index (χ4v) is 2.43. The highest BCUT2D eigenvalue weighted by Gasteiger charge is 2.30. The number of rotatable bonds is 3. The van der Waals surface area contributed by atoms with Crippen LogP contribution in [0.3, 0.4) is 0 Å². The first kappa shape index (κ1) is 12.1. The third-order valence-corrected chi connectivity index (χ3v) is 3.42. The van der Waals surface area contributed by atoms with E-state index in [1.165, 1.54) is 0 Å². The van der Waals surface area contributed by atoms with Gasteiger partial charge >= 0.3 is 0 Å². The molecule has 19 heavy (non-hydrogen) atoms. The van der Waals surface area contributed by atoms with Crippen LogP contribution in [0.25, 0.3) is 5.69 Å². The molecule has 4 nitrogen and oxygen atoms in total. The molecule has 1 aliphatic heterocycles. The maximum absolute atomic E-state index is 12.5. The van der Waals surface area contributed by atoms with Gasteiger partial charge in [-0.15, -0.1) is 0 Å². The molecule has 0 bridgehead atoms. The molecule has 0 N–H and O–H groups in total.